The minimum absolute atomic E-state index is 0.400. The predicted molar refractivity (Wildman–Crippen MR) is 271 cm³/mol. The molecule has 10 aromatic rings. The summed E-state index contributed by atoms with van der Waals surface area (Å²) in [5.41, 5.74) is 24.1. The van der Waals surface area contributed by atoms with Gasteiger partial charge in [-0.15, -0.1) is 0 Å². The van der Waals surface area contributed by atoms with Gasteiger partial charge in [-0.3, -0.25) is 0 Å². The van der Waals surface area contributed by atoms with Crippen molar-refractivity contribution in [1.82, 2.24) is 0 Å². The zero-order valence-electron chi connectivity index (χ0n) is 35.3. The van der Waals surface area contributed by atoms with Crippen LogP contribution in [0.4, 0.5) is 0 Å². The van der Waals surface area contributed by atoms with Crippen molar-refractivity contribution in [2.75, 3.05) is 0 Å². The Balaban J connectivity index is 1.23. The van der Waals surface area contributed by atoms with Crippen LogP contribution < -0.4 is 0 Å². The highest BCUT2D eigenvalue weighted by Gasteiger charge is 2.42. The number of aryl methyl sites for hydroxylation is 4. The normalized spacial score (nSPS) is 13.2. The maximum atomic E-state index is 3.87. The number of hydrogen-bond donors (Lipinski definition) is 0. The van der Waals surface area contributed by atoms with Crippen molar-refractivity contribution in [3.05, 3.63) is 212 Å². The van der Waals surface area contributed by atoms with Gasteiger partial charge in [0.2, 0.25) is 0 Å². The maximum absolute atomic E-state index is 3.87. The zero-order valence-corrected chi connectivity index (χ0v) is 38.5. The Morgan fingerprint density at radius 2 is 0.903 bits per heavy atom. The van der Waals surface area contributed by atoms with Crippen molar-refractivity contribution in [1.29, 1.82) is 0 Å². The molecule has 2 aliphatic carbocycles. The van der Waals surface area contributed by atoms with Gasteiger partial charge >= 0.3 is 0 Å². The lowest BCUT2D eigenvalue weighted by atomic mass is 9.72. The molecule has 0 amide bonds. The molecule has 0 fully saturated rings. The van der Waals surface area contributed by atoms with Crippen molar-refractivity contribution < 1.29 is 0 Å². The summed E-state index contributed by atoms with van der Waals surface area (Å²) in [6.45, 7) is 11.4. The second kappa shape index (κ2) is 13.7. The van der Waals surface area contributed by atoms with E-state index < -0.39 is 5.41 Å². The molecule has 0 atom stereocenters. The molecule has 0 spiro atoms. The molecular formula is C60H42Br2. The Hall–Kier alpha value is -6.06. The minimum atomic E-state index is -0.400. The SMILES string of the molecule is Cc1cc(C)cc(-c2c3c(c(-c4cc(C)cc(C)c4)c4cc(C5(C)c6cc(Br)ccc6-c6ccc(Br)cc65)ccc24)-c2cccc4c(-c5ccc6ccccc6c5)ccc-3c24)c1. The fourth-order valence-electron chi connectivity index (χ4n) is 11.4. The number of rotatable bonds is 4. The first-order valence-corrected chi connectivity index (χ1v) is 23.1. The van der Waals surface area contributed by atoms with Crippen LogP contribution in [0.3, 0.4) is 0 Å². The van der Waals surface area contributed by atoms with Crippen molar-refractivity contribution in [3.63, 3.8) is 0 Å². The average Bonchev–Trinajstić information content (AvgIpc) is 3.71. The van der Waals surface area contributed by atoms with E-state index in [9.17, 15) is 0 Å². The molecule has 0 N–H and O–H groups in total. The molecule has 10 aromatic carbocycles. The Bertz CT molecular complexity index is 3510. The second-order valence-electron chi connectivity index (χ2n) is 18.0. The third-order valence-electron chi connectivity index (χ3n) is 13.9. The zero-order chi connectivity index (χ0) is 42.2. The van der Waals surface area contributed by atoms with E-state index in [2.05, 4.69) is 230 Å². The van der Waals surface area contributed by atoms with E-state index >= 15 is 0 Å². The molecule has 0 nitrogen and oxygen atoms in total. The topological polar surface area (TPSA) is 0 Å². The summed E-state index contributed by atoms with van der Waals surface area (Å²) in [5.74, 6) is 0. The Labute approximate surface area is 380 Å². The molecule has 0 aromatic heterocycles. The summed E-state index contributed by atoms with van der Waals surface area (Å²) in [7, 11) is 0. The molecule has 0 saturated carbocycles. The first kappa shape index (κ1) is 37.7. The van der Waals surface area contributed by atoms with Gasteiger partial charge in [0.15, 0.2) is 0 Å². The molecule has 296 valence electrons. The lowest BCUT2D eigenvalue weighted by Crippen LogP contribution is -2.22. The van der Waals surface area contributed by atoms with Gasteiger partial charge in [-0.1, -0.05) is 182 Å². The van der Waals surface area contributed by atoms with E-state index in [0.717, 1.165) is 8.95 Å². The summed E-state index contributed by atoms with van der Waals surface area (Å²) < 4.78 is 2.19. The van der Waals surface area contributed by atoms with E-state index in [1.165, 1.54) is 138 Å². The van der Waals surface area contributed by atoms with Crippen molar-refractivity contribution in [2.24, 2.45) is 0 Å². The monoisotopic (exact) mass is 920 g/mol. The van der Waals surface area contributed by atoms with Gasteiger partial charge in [0.25, 0.3) is 0 Å². The van der Waals surface area contributed by atoms with Crippen LogP contribution in [0, 0.1) is 27.7 Å². The first-order chi connectivity index (χ1) is 30.0. The Kier molecular flexibility index (Phi) is 8.34. The highest BCUT2D eigenvalue weighted by atomic mass is 79.9. The van der Waals surface area contributed by atoms with Crippen LogP contribution in [0.15, 0.2) is 173 Å². The number of hydrogen-bond acceptors (Lipinski definition) is 0. The van der Waals surface area contributed by atoms with Gasteiger partial charge in [-0.2, -0.15) is 0 Å². The van der Waals surface area contributed by atoms with Crippen molar-refractivity contribution in [3.8, 4) is 66.8 Å². The van der Waals surface area contributed by atoms with Gasteiger partial charge in [0.05, 0.1) is 0 Å². The van der Waals surface area contributed by atoms with Gasteiger partial charge in [0.1, 0.15) is 0 Å². The number of benzene rings is 10. The smallest absolute Gasteiger partial charge is 0.0436 e. The fourth-order valence-corrected chi connectivity index (χ4v) is 12.1. The molecule has 0 saturated heterocycles. The molecule has 0 heterocycles. The molecule has 0 radical (unpaired) electrons. The third-order valence-corrected chi connectivity index (χ3v) is 14.9. The fraction of sp³-hybridized carbons (Fsp3) is 0.100. The van der Waals surface area contributed by atoms with E-state index in [4.69, 9.17) is 0 Å². The summed E-state index contributed by atoms with van der Waals surface area (Å²) in [5, 5.41) is 7.69. The van der Waals surface area contributed by atoms with Gasteiger partial charge in [-0.25, -0.2) is 0 Å². The van der Waals surface area contributed by atoms with E-state index in [-0.39, 0.29) is 0 Å². The first-order valence-electron chi connectivity index (χ1n) is 21.5. The third kappa shape index (κ3) is 5.49. The maximum Gasteiger partial charge on any atom is 0.0436 e. The highest BCUT2D eigenvalue weighted by molar-refractivity contribution is 9.10. The summed E-state index contributed by atoms with van der Waals surface area (Å²) in [6.07, 6.45) is 0. The summed E-state index contributed by atoms with van der Waals surface area (Å²) in [4.78, 5) is 0. The second-order valence-corrected chi connectivity index (χ2v) is 19.8. The lowest BCUT2D eigenvalue weighted by Gasteiger charge is -2.30. The number of halogens is 2. The molecule has 2 aliphatic rings. The highest BCUT2D eigenvalue weighted by Crippen LogP contribution is 2.60. The van der Waals surface area contributed by atoms with Gasteiger partial charge in [0, 0.05) is 14.4 Å². The Morgan fingerprint density at radius 1 is 0.355 bits per heavy atom. The number of fused-ring (bicyclic) bond motifs is 8. The molecular weight excluding hydrogens is 880 g/mol. The Morgan fingerprint density at radius 3 is 1.53 bits per heavy atom. The van der Waals surface area contributed by atoms with Crippen LogP contribution in [0.2, 0.25) is 0 Å². The van der Waals surface area contributed by atoms with Crippen molar-refractivity contribution in [2.45, 2.75) is 40.0 Å². The molecule has 62 heavy (non-hydrogen) atoms. The van der Waals surface area contributed by atoms with Crippen LogP contribution in [0.1, 0.15) is 45.9 Å². The summed E-state index contributed by atoms with van der Waals surface area (Å²) in [6, 6.07) is 62.7. The van der Waals surface area contributed by atoms with Gasteiger partial charge < -0.3 is 0 Å². The molecule has 2 heteroatoms. The van der Waals surface area contributed by atoms with Crippen LogP contribution in [0.5, 0.6) is 0 Å². The molecule has 0 bridgehead atoms. The van der Waals surface area contributed by atoms with Crippen molar-refractivity contribution >= 4 is 64.2 Å². The largest absolute Gasteiger partial charge is 0.0616 e. The predicted octanol–water partition coefficient (Wildman–Crippen LogP) is 17.9. The van der Waals surface area contributed by atoms with Crippen LogP contribution in [-0.2, 0) is 5.41 Å². The van der Waals surface area contributed by atoms with E-state index in [0.29, 0.717) is 0 Å². The van der Waals surface area contributed by atoms with Crippen LogP contribution in [-0.4, -0.2) is 0 Å². The molecule has 12 rings (SSSR count). The lowest BCUT2D eigenvalue weighted by molar-refractivity contribution is 0.714. The van der Waals surface area contributed by atoms with E-state index in [1.807, 2.05) is 0 Å². The molecule has 0 unspecified atom stereocenters. The average molecular weight is 923 g/mol. The summed E-state index contributed by atoms with van der Waals surface area (Å²) >= 11 is 7.75. The van der Waals surface area contributed by atoms with Crippen LogP contribution in [0.25, 0.3) is 99.1 Å². The standard InChI is InChI=1S/C60H42Br2/c1-33-23-34(2)26-40(25-33)55-49-18-15-42(60(5)53-31-43(61)16-19-46(53)47-20-17-44(62)32-54(47)60)30-52(49)56(41-27-35(3)24-36(4)28-41)58-50-12-8-11-48-45(21-22-51(57(48)50)59(55)58)39-14-13-37-9-6-7-10-38(37)29-39/h6-32H,1-5H3. The van der Waals surface area contributed by atoms with Crippen LogP contribution >= 0.6 is 31.9 Å². The van der Waals surface area contributed by atoms with Gasteiger partial charge in [-0.05, 0) is 187 Å². The minimum Gasteiger partial charge on any atom is -0.0616 e. The molecule has 0 aliphatic heterocycles. The van der Waals surface area contributed by atoms with E-state index in [1.54, 1.807) is 0 Å². The quantitative estimate of drug-likeness (QED) is 0.165.